The van der Waals surface area contributed by atoms with E-state index in [9.17, 15) is 4.79 Å². The Labute approximate surface area is 114 Å². The second kappa shape index (κ2) is 5.35. The molecule has 0 bridgehead atoms. The molecule has 0 spiro atoms. The van der Waals surface area contributed by atoms with E-state index in [1.54, 1.807) is 17.0 Å². The monoisotopic (exact) mass is 261 g/mol. The zero-order valence-electron chi connectivity index (χ0n) is 11.6. The third-order valence-corrected chi connectivity index (χ3v) is 4.34. The summed E-state index contributed by atoms with van der Waals surface area (Å²) < 4.78 is 1.75. The summed E-state index contributed by atoms with van der Waals surface area (Å²) in [5.74, 6) is 3.10. The number of aromatic nitrogens is 2. The second-order valence-electron chi connectivity index (χ2n) is 5.99. The van der Waals surface area contributed by atoms with Crippen molar-refractivity contribution in [1.82, 2.24) is 9.55 Å². The van der Waals surface area contributed by atoms with Crippen LogP contribution >= 0.6 is 0 Å². The molecule has 2 aliphatic carbocycles. The van der Waals surface area contributed by atoms with Gasteiger partial charge < -0.3 is 9.88 Å². The third kappa shape index (κ3) is 2.99. The summed E-state index contributed by atoms with van der Waals surface area (Å²) in [5.41, 5.74) is 0.0229. The van der Waals surface area contributed by atoms with Crippen molar-refractivity contribution in [2.24, 2.45) is 17.8 Å². The summed E-state index contributed by atoms with van der Waals surface area (Å²) in [6.45, 7) is 3.77. The second-order valence-corrected chi connectivity index (χ2v) is 5.99. The Hall–Kier alpha value is -1.32. The van der Waals surface area contributed by atoms with Gasteiger partial charge in [-0.25, -0.2) is 4.98 Å². The van der Waals surface area contributed by atoms with Crippen LogP contribution in [0.1, 0.15) is 39.0 Å². The van der Waals surface area contributed by atoms with E-state index in [0.29, 0.717) is 5.82 Å². The van der Waals surface area contributed by atoms with Gasteiger partial charge in [0.25, 0.3) is 5.56 Å². The molecule has 4 nitrogen and oxygen atoms in total. The average molecular weight is 261 g/mol. The molecule has 2 aliphatic rings. The van der Waals surface area contributed by atoms with Gasteiger partial charge in [-0.1, -0.05) is 6.92 Å². The van der Waals surface area contributed by atoms with Crippen molar-refractivity contribution >= 4 is 5.82 Å². The van der Waals surface area contributed by atoms with Gasteiger partial charge >= 0.3 is 0 Å². The summed E-state index contributed by atoms with van der Waals surface area (Å²) in [6, 6.07) is 0. The average Bonchev–Trinajstić information content (AvgIpc) is 3.27. The summed E-state index contributed by atoms with van der Waals surface area (Å²) in [7, 11) is 0. The Bertz CT molecular complexity index is 476. The van der Waals surface area contributed by atoms with Crippen LogP contribution in [0.5, 0.6) is 0 Å². The Balaban J connectivity index is 1.65. The predicted octanol–water partition coefficient (Wildman–Crippen LogP) is 2.50. The fourth-order valence-electron chi connectivity index (χ4n) is 2.97. The Morgan fingerprint density at radius 1 is 1.37 bits per heavy atom. The Morgan fingerprint density at radius 2 is 2.05 bits per heavy atom. The van der Waals surface area contributed by atoms with Crippen LogP contribution in [-0.2, 0) is 6.54 Å². The SMILES string of the molecule is CCCn1ccnc(NCC(C2CC2)C2CC2)c1=O. The van der Waals surface area contributed by atoms with Crippen LogP contribution in [0, 0.1) is 17.8 Å². The fraction of sp³-hybridized carbons (Fsp3) is 0.733. The van der Waals surface area contributed by atoms with Gasteiger partial charge in [-0.05, 0) is 49.9 Å². The highest BCUT2D eigenvalue weighted by molar-refractivity contribution is 5.31. The number of rotatable bonds is 7. The van der Waals surface area contributed by atoms with E-state index in [-0.39, 0.29) is 5.56 Å². The highest BCUT2D eigenvalue weighted by Gasteiger charge is 2.41. The number of anilines is 1. The number of nitrogens with one attached hydrogen (secondary N) is 1. The molecule has 0 amide bonds. The maximum atomic E-state index is 12.2. The van der Waals surface area contributed by atoms with Gasteiger partial charge in [0.2, 0.25) is 0 Å². The lowest BCUT2D eigenvalue weighted by Gasteiger charge is -2.16. The van der Waals surface area contributed by atoms with Gasteiger partial charge in [0.05, 0.1) is 0 Å². The number of hydrogen-bond donors (Lipinski definition) is 1. The number of hydrogen-bond acceptors (Lipinski definition) is 3. The molecule has 1 N–H and O–H groups in total. The molecule has 1 aromatic rings. The molecule has 104 valence electrons. The van der Waals surface area contributed by atoms with E-state index >= 15 is 0 Å². The fourth-order valence-corrected chi connectivity index (χ4v) is 2.97. The lowest BCUT2D eigenvalue weighted by Crippen LogP contribution is -2.27. The zero-order chi connectivity index (χ0) is 13.2. The van der Waals surface area contributed by atoms with E-state index in [4.69, 9.17) is 0 Å². The third-order valence-electron chi connectivity index (χ3n) is 4.34. The molecule has 0 unspecified atom stereocenters. The maximum absolute atomic E-state index is 12.2. The quantitative estimate of drug-likeness (QED) is 0.820. The Kier molecular flexibility index (Phi) is 3.58. The molecule has 0 saturated heterocycles. The van der Waals surface area contributed by atoms with Crippen LogP contribution < -0.4 is 10.9 Å². The molecule has 0 aliphatic heterocycles. The molecule has 0 radical (unpaired) electrons. The smallest absolute Gasteiger partial charge is 0.293 e. The molecule has 1 aromatic heterocycles. The van der Waals surface area contributed by atoms with Crippen LogP contribution in [0.2, 0.25) is 0 Å². The van der Waals surface area contributed by atoms with Crippen molar-refractivity contribution in [3.63, 3.8) is 0 Å². The van der Waals surface area contributed by atoms with Crippen LogP contribution in [0.15, 0.2) is 17.2 Å². The maximum Gasteiger partial charge on any atom is 0.293 e. The van der Waals surface area contributed by atoms with Gasteiger partial charge in [-0.15, -0.1) is 0 Å². The molecule has 4 heteroatoms. The first kappa shape index (κ1) is 12.7. The van der Waals surface area contributed by atoms with Gasteiger partial charge in [-0.3, -0.25) is 4.79 Å². The van der Waals surface area contributed by atoms with E-state index < -0.39 is 0 Å². The van der Waals surface area contributed by atoms with Crippen LogP contribution in [0.25, 0.3) is 0 Å². The van der Waals surface area contributed by atoms with Gasteiger partial charge in [-0.2, -0.15) is 0 Å². The first-order valence-corrected chi connectivity index (χ1v) is 7.59. The summed E-state index contributed by atoms with van der Waals surface area (Å²) in [5, 5.41) is 3.31. The topological polar surface area (TPSA) is 46.9 Å². The van der Waals surface area contributed by atoms with Crippen molar-refractivity contribution in [3.05, 3.63) is 22.7 Å². The van der Waals surface area contributed by atoms with Crippen molar-refractivity contribution in [2.75, 3.05) is 11.9 Å². The van der Waals surface area contributed by atoms with Crippen molar-refractivity contribution in [1.29, 1.82) is 0 Å². The number of aryl methyl sites for hydroxylation is 1. The lowest BCUT2D eigenvalue weighted by atomic mass is 9.98. The van der Waals surface area contributed by atoms with Crippen molar-refractivity contribution in [3.8, 4) is 0 Å². The van der Waals surface area contributed by atoms with Crippen LogP contribution in [0.3, 0.4) is 0 Å². The van der Waals surface area contributed by atoms with Gasteiger partial charge in [0.15, 0.2) is 5.82 Å². The van der Waals surface area contributed by atoms with E-state index in [1.807, 2.05) is 0 Å². The summed E-state index contributed by atoms with van der Waals surface area (Å²) in [4.78, 5) is 16.4. The largest absolute Gasteiger partial charge is 0.365 e. The predicted molar refractivity (Wildman–Crippen MR) is 76.2 cm³/mol. The zero-order valence-corrected chi connectivity index (χ0v) is 11.6. The molecule has 2 saturated carbocycles. The molecular formula is C15H23N3O. The molecule has 2 fully saturated rings. The first-order valence-electron chi connectivity index (χ1n) is 7.59. The number of nitrogens with zero attached hydrogens (tertiary/aromatic N) is 2. The highest BCUT2D eigenvalue weighted by Crippen LogP contribution is 2.49. The van der Waals surface area contributed by atoms with Crippen molar-refractivity contribution in [2.45, 2.75) is 45.6 Å². The van der Waals surface area contributed by atoms with Crippen LogP contribution in [0.4, 0.5) is 5.82 Å². The molecule has 0 atom stereocenters. The normalized spacial score (nSPS) is 18.8. The van der Waals surface area contributed by atoms with E-state index in [2.05, 4.69) is 17.2 Å². The van der Waals surface area contributed by atoms with Crippen LogP contribution in [-0.4, -0.2) is 16.1 Å². The molecule has 19 heavy (non-hydrogen) atoms. The minimum absolute atomic E-state index is 0.0229. The first-order chi connectivity index (χ1) is 9.29. The summed E-state index contributed by atoms with van der Waals surface area (Å²) >= 11 is 0. The minimum atomic E-state index is 0.0229. The van der Waals surface area contributed by atoms with Gasteiger partial charge in [0.1, 0.15) is 0 Å². The molecular weight excluding hydrogens is 238 g/mol. The van der Waals surface area contributed by atoms with Crippen molar-refractivity contribution < 1.29 is 0 Å². The van der Waals surface area contributed by atoms with E-state index in [1.165, 1.54) is 25.7 Å². The Morgan fingerprint density at radius 3 is 2.63 bits per heavy atom. The molecule has 0 aromatic carbocycles. The standard InChI is InChI=1S/C15H23N3O/c1-2-8-18-9-7-16-14(15(18)19)17-10-13(11-3-4-11)12-5-6-12/h7,9,11-13H,2-6,8,10H2,1H3,(H,16,17). The minimum Gasteiger partial charge on any atom is -0.365 e. The highest BCUT2D eigenvalue weighted by atomic mass is 16.1. The van der Waals surface area contributed by atoms with Gasteiger partial charge in [0, 0.05) is 25.5 Å². The van der Waals surface area contributed by atoms with E-state index in [0.717, 1.165) is 37.3 Å². The summed E-state index contributed by atoms with van der Waals surface area (Å²) in [6.07, 6.45) is 9.99. The lowest BCUT2D eigenvalue weighted by molar-refractivity contribution is 0.427. The molecule has 1 heterocycles. The molecule has 3 rings (SSSR count).